The summed E-state index contributed by atoms with van der Waals surface area (Å²) in [6, 6.07) is 17.2. The molecule has 4 rings (SSSR count). The standard InChI is InChI=1S/C24H23N3O3S/c1-16-8-9-17(2)19(14-16)25-21(28)15-27-20-11-13-31-22(20)23(29)26(24(27)30)12-10-18-6-4-3-5-7-18/h3-9,11,13-14H,10,12,15H2,1-2H3,(H,25,28). The van der Waals surface area contributed by atoms with E-state index >= 15 is 0 Å². The number of aryl methyl sites for hydroxylation is 3. The smallest absolute Gasteiger partial charge is 0.324 e. The van der Waals surface area contributed by atoms with Crippen molar-refractivity contribution in [3.8, 4) is 0 Å². The molecule has 0 fully saturated rings. The maximum Gasteiger partial charge on any atom is 0.332 e. The van der Waals surface area contributed by atoms with E-state index in [2.05, 4.69) is 5.32 Å². The van der Waals surface area contributed by atoms with Crippen LogP contribution in [0.2, 0.25) is 0 Å². The molecule has 0 aliphatic heterocycles. The lowest BCUT2D eigenvalue weighted by Gasteiger charge is -2.13. The first-order chi connectivity index (χ1) is 14.9. The molecule has 0 aliphatic carbocycles. The van der Waals surface area contributed by atoms with E-state index in [1.165, 1.54) is 20.5 Å². The van der Waals surface area contributed by atoms with Gasteiger partial charge in [0.1, 0.15) is 11.2 Å². The second kappa shape index (κ2) is 8.73. The average molecular weight is 434 g/mol. The van der Waals surface area contributed by atoms with Gasteiger partial charge in [0.2, 0.25) is 5.91 Å². The Labute approximate surface area is 183 Å². The van der Waals surface area contributed by atoms with Crippen LogP contribution < -0.4 is 16.6 Å². The van der Waals surface area contributed by atoms with Gasteiger partial charge in [0.25, 0.3) is 5.56 Å². The van der Waals surface area contributed by atoms with Crippen LogP contribution in [-0.2, 0) is 24.3 Å². The third kappa shape index (κ3) is 4.36. The van der Waals surface area contributed by atoms with Crippen LogP contribution in [-0.4, -0.2) is 15.0 Å². The van der Waals surface area contributed by atoms with Crippen molar-refractivity contribution < 1.29 is 4.79 Å². The number of hydrogen-bond acceptors (Lipinski definition) is 4. The Morgan fingerprint density at radius 1 is 1.00 bits per heavy atom. The first-order valence-corrected chi connectivity index (χ1v) is 10.9. The molecule has 2 aromatic heterocycles. The molecule has 2 aromatic carbocycles. The molecule has 158 valence electrons. The van der Waals surface area contributed by atoms with E-state index < -0.39 is 5.69 Å². The minimum absolute atomic E-state index is 0.162. The zero-order chi connectivity index (χ0) is 22.0. The van der Waals surface area contributed by atoms with E-state index in [0.717, 1.165) is 22.4 Å². The molecule has 7 heteroatoms. The lowest BCUT2D eigenvalue weighted by Crippen LogP contribution is -2.41. The topological polar surface area (TPSA) is 73.1 Å². The van der Waals surface area contributed by atoms with Crippen molar-refractivity contribution >= 4 is 33.1 Å². The third-order valence-electron chi connectivity index (χ3n) is 5.27. The fraction of sp³-hybridized carbons (Fsp3) is 0.208. The number of carbonyl (C=O) groups excluding carboxylic acids is 1. The number of rotatable bonds is 6. The Morgan fingerprint density at radius 3 is 2.55 bits per heavy atom. The number of carbonyl (C=O) groups is 1. The van der Waals surface area contributed by atoms with Crippen LogP contribution in [0.5, 0.6) is 0 Å². The SMILES string of the molecule is Cc1ccc(C)c(NC(=O)Cn2c(=O)n(CCc3ccccc3)c(=O)c3sccc32)c1. The van der Waals surface area contributed by atoms with Crippen LogP contribution >= 0.6 is 11.3 Å². The summed E-state index contributed by atoms with van der Waals surface area (Å²) in [5.41, 5.74) is 3.45. The van der Waals surface area contributed by atoms with Gasteiger partial charge in [-0.1, -0.05) is 42.5 Å². The number of nitrogens with one attached hydrogen (secondary N) is 1. The van der Waals surface area contributed by atoms with Crippen molar-refractivity contribution in [3.05, 3.63) is 97.5 Å². The van der Waals surface area contributed by atoms with Gasteiger partial charge >= 0.3 is 5.69 Å². The van der Waals surface area contributed by atoms with Crippen molar-refractivity contribution in [3.63, 3.8) is 0 Å². The van der Waals surface area contributed by atoms with Crippen molar-refractivity contribution in [2.45, 2.75) is 33.4 Å². The minimum Gasteiger partial charge on any atom is -0.324 e. The lowest BCUT2D eigenvalue weighted by molar-refractivity contribution is -0.116. The second-order valence-electron chi connectivity index (χ2n) is 7.56. The van der Waals surface area contributed by atoms with Gasteiger partial charge in [-0.25, -0.2) is 4.79 Å². The quantitative estimate of drug-likeness (QED) is 0.504. The molecule has 0 saturated carbocycles. The van der Waals surface area contributed by atoms with E-state index in [-0.39, 0.29) is 24.6 Å². The number of fused-ring (bicyclic) bond motifs is 1. The number of anilines is 1. The van der Waals surface area contributed by atoms with E-state index in [1.54, 1.807) is 11.4 Å². The van der Waals surface area contributed by atoms with Gasteiger partial charge in [0.15, 0.2) is 0 Å². The van der Waals surface area contributed by atoms with Crippen molar-refractivity contribution in [1.82, 2.24) is 9.13 Å². The van der Waals surface area contributed by atoms with E-state index in [1.807, 2.05) is 62.4 Å². The van der Waals surface area contributed by atoms with Gasteiger partial charge in [-0.3, -0.25) is 18.7 Å². The number of hydrogen-bond donors (Lipinski definition) is 1. The zero-order valence-corrected chi connectivity index (χ0v) is 18.2. The Hall–Kier alpha value is -3.45. The molecular formula is C24H23N3O3S. The molecule has 4 aromatic rings. The molecule has 31 heavy (non-hydrogen) atoms. The molecule has 0 radical (unpaired) electrons. The van der Waals surface area contributed by atoms with Crippen LogP contribution in [0.25, 0.3) is 10.2 Å². The van der Waals surface area contributed by atoms with Gasteiger partial charge in [0, 0.05) is 12.2 Å². The highest BCUT2D eigenvalue weighted by atomic mass is 32.1. The van der Waals surface area contributed by atoms with Crippen LogP contribution in [0, 0.1) is 13.8 Å². The monoisotopic (exact) mass is 433 g/mol. The molecule has 0 aliphatic rings. The maximum atomic E-state index is 13.2. The van der Waals surface area contributed by atoms with E-state index in [4.69, 9.17) is 0 Å². The summed E-state index contributed by atoms with van der Waals surface area (Å²) < 4.78 is 3.10. The second-order valence-corrected chi connectivity index (χ2v) is 8.48. The predicted octanol–water partition coefficient (Wildman–Crippen LogP) is 3.72. The minimum atomic E-state index is -0.469. The Kier molecular flexibility index (Phi) is 5.86. The van der Waals surface area contributed by atoms with Gasteiger partial charge in [0.05, 0.1) is 5.52 Å². The third-order valence-corrected chi connectivity index (χ3v) is 6.16. The highest BCUT2D eigenvalue weighted by molar-refractivity contribution is 7.17. The molecular weight excluding hydrogens is 410 g/mol. The number of benzene rings is 2. The fourth-order valence-electron chi connectivity index (χ4n) is 3.57. The van der Waals surface area contributed by atoms with Crippen LogP contribution in [0.4, 0.5) is 5.69 Å². The van der Waals surface area contributed by atoms with Crippen molar-refractivity contribution in [2.75, 3.05) is 5.32 Å². The highest BCUT2D eigenvalue weighted by Crippen LogP contribution is 2.18. The molecule has 0 unspecified atom stereocenters. The van der Waals surface area contributed by atoms with E-state index in [0.29, 0.717) is 16.6 Å². The molecule has 6 nitrogen and oxygen atoms in total. The van der Waals surface area contributed by atoms with Crippen LogP contribution in [0.1, 0.15) is 16.7 Å². The number of thiophene rings is 1. The lowest BCUT2D eigenvalue weighted by atomic mass is 10.1. The normalized spacial score (nSPS) is 11.0. The van der Waals surface area contributed by atoms with Crippen LogP contribution in [0.3, 0.4) is 0 Å². The van der Waals surface area contributed by atoms with Gasteiger partial charge in [-0.2, -0.15) is 0 Å². The molecule has 0 atom stereocenters. The van der Waals surface area contributed by atoms with E-state index in [9.17, 15) is 14.4 Å². The van der Waals surface area contributed by atoms with Crippen molar-refractivity contribution in [2.24, 2.45) is 0 Å². The fourth-order valence-corrected chi connectivity index (χ4v) is 4.42. The molecule has 0 bridgehead atoms. The molecule has 2 heterocycles. The summed E-state index contributed by atoms with van der Waals surface area (Å²) in [5.74, 6) is -0.309. The Morgan fingerprint density at radius 2 is 1.77 bits per heavy atom. The molecule has 1 N–H and O–H groups in total. The molecule has 1 amide bonds. The Bertz CT molecular complexity index is 1370. The van der Waals surface area contributed by atoms with Crippen LogP contribution in [0.15, 0.2) is 69.6 Å². The summed E-state index contributed by atoms with van der Waals surface area (Å²) >= 11 is 1.28. The first-order valence-electron chi connectivity index (χ1n) is 10.1. The summed E-state index contributed by atoms with van der Waals surface area (Å²) in [6.07, 6.45) is 0.557. The summed E-state index contributed by atoms with van der Waals surface area (Å²) in [7, 11) is 0. The summed E-state index contributed by atoms with van der Waals surface area (Å²) in [5, 5.41) is 4.66. The predicted molar refractivity (Wildman–Crippen MR) is 125 cm³/mol. The summed E-state index contributed by atoms with van der Waals surface area (Å²) in [6.45, 7) is 3.97. The first kappa shape index (κ1) is 20.8. The molecule has 0 spiro atoms. The highest BCUT2D eigenvalue weighted by Gasteiger charge is 2.17. The van der Waals surface area contributed by atoms with Gasteiger partial charge in [-0.05, 0) is 54.5 Å². The molecule has 0 saturated heterocycles. The van der Waals surface area contributed by atoms with Crippen molar-refractivity contribution in [1.29, 1.82) is 0 Å². The Balaban J connectivity index is 1.66. The number of nitrogens with zero attached hydrogens (tertiary/aromatic N) is 2. The maximum absolute atomic E-state index is 13.2. The zero-order valence-electron chi connectivity index (χ0n) is 17.4. The number of aromatic nitrogens is 2. The van der Waals surface area contributed by atoms with Gasteiger partial charge in [-0.15, -0.1) is 11.3 Å². The summed E-state index contributed by atoms with van der Waals surface area (Å²) in [4.78, 5) is 38.9. The average Bonchev–Trinajstić information content (AvgIpc) is 3.24. The largest absolute Gasteiger partial charge is 0.332 e. The van der Waals surface area contributed by atoms with Gasteiger partial charge < -0.3 is 5.32 Å². The number of amides is 1.